The fourth-order valence-corrected chi connectivity index (χ4v) is 2.75. The lowest BCUT2D eigenvalue weighted by Crippen LogP contribution is -2.35. The Hall–Kier alpha value is -1.78. The largest absolute Gasteiger partial charge is 0.491 e. The van der Waals surface area contributed by atoms with Gasteiger partial charge in [0.25, 0.3) is 5.69 Å². The molecule has 0 amide bonds. The lowest BCUT2D eigenvalue weighted by molar-refractivity contribution is -0.384. The summed E-state index contributed by atoms with van der Waals surface area (Å²) in [5.41, 5.74) is 1.19. The van der Waals surface area contributed by atoms with Crippen LogP contribution >= 0.6 is 0 Å². The van der Waals surface area contributed by atoms with Gasteiger partial charge in [0, 0.05) is 24.4 Å². The van der Waals surface area contributed by atoms with Gasteiger partial charge in [-0.25, -0.2) is 0 Å². The molecule has 1 aliphatic carbocycles. The zero-order chi connectivity index (χ0) is 15.5. The molecule has 0 atom stereocenters. The van der Waals surface area contributed by atoms with Gasteiger partial charge in [-0.1, -0.05) is 13.3 Å². The van der Waals surface area contributed by atoms with Crippen molar-refractivity contribution in [1.82, 2.24) is 0 Å². The lowest BCUT2D eigenvalue weighted by atomic mass is 9.67. The smallest absolute Gasteiger partial charge is 0.275 e. The topological polar surface area (TPSA) is 64.4 Å². The van der Waals surface area contributed by atoms with Gasteiger partial charge in [-0.15, -0.1) is 0 Å². The first-order chi connectivity index (χ1) is 9.94. The van der Waals surface area contributed by atoms with E-state index in [0.717, 1.165) is 18.7 Å². The molecule has 1 aromatic rings. The quantitative estimate of drug-likeness (QED) is 0.598. The molecule has 1 fully saturated rings. The van der Waals surface area contributed by atoms with Crippen molar-refractivity contribution in [2.45, 2.75) is 52.6 Å². The van der Waals surface area contributed by atoms with Crippen molar-refractivity contribution in [2.24, 2.45) is 5.41 Å². The Morgan fingerprint density at radius 3 is 2.57 bits per heavy atom. The Balaban J connectivity index is 2.13. The summed E-state index contributed by atoms with van der Waals surface area (Å²) in [6.45, 7) is 6.89. The Bertz CT molecular complexity index is 505. The average molecular weight is 292 g/mol. The van der Waals surface area contributed by atoms with Gasteiger partial charge in [0.1, 0.15) is 5.75 Å². The van der Waals surface area contributed by atoms with Crippen LogP contribution in [0.5, 0.6) is 5.75 Å². The molecule has 0 aliphatic heterocycles. The van der Waals surface area contributed by atoms with Crippen LogP contribution in [-0.4, -0.2) is 17.6 Å². The van der Waals surface area contributed by atoms with E-state index in [2.05, 4.69) is 12.2 Å². The molecule has 0 saturated heterocycles. The van der Waals surface area contributed by atoms with Crippen LogP contribution in [0.4, 0.5) is 11.4 Å². The van der Waals surface area contributed by atoms with Gasteiger partial charge in [0.15, 0.2) is 0 Å². The van der Waals surface area contributed by atoms with Gasteiger partial charge in [-0.2, -0.15) is 0 Å². The summed E-state index contributed by atoms with van der Waals surface area (Å²) in [5, 5.41) is 14.4. The minimum absolute atomic E-state index is 0.00605. The van der Waals surface area contributed by atoms with E-state index in [0.29, 0.717) is 11.2 Å². The third kappa shape index (κ3) is 3.86. The first kappa shape index (κ1) is 15.6. The zero-order valence-electron chi connectivity index (χ0n) is 13.0. The normalized spacial score (nSPS) is 16.4. The van der Waals surface area contributed by atoms with Gasteiger partial charge in [-0.3, -0.25) is 10.1 Å². The Morgan fingerprint density at radius 1 is 1.38 bits per heavy atom. The van der Waals surface area contributed by atoms with Crippen LogP contribution < -0.4 is 10.1 Å². The minimum atomic E-state index is -0.378. The van der Waals surface area contributed by atoms with E-state index in [1.807, 2.05) is 19.9 Å². The molecule has 0 unspecified atom stereocenters. The standard InChI is InChI=1S/C16H24N2O3/c1-4-16(6-5-7-16)11-17-13-8-14(18(19)20)10-15(9-13)21-12(2)3/h8-10,12,17H,4-7,11H2,1-3H3. The van der Waals surface area contributed by atoms with Crippen LogP contribution in [0.3, 0.4) is 0 Å². The third-order valence-electron chi connectivity index (χ3n) is 4.31. The molecule has 1 aromatic carbocycles. The van der Waals surface area contributed by atoms with Gasteiger partial charge >= 0.3 is 0 Å². The average Bonchev–Trinajstić information content (AvgIpc) is 2.37. The van der Waals surface area contributed by atoms with E-state index in [1.165, 1.54) is 25.3 Å². The first-order valence-electron chi connectivity index (χ1n) is 7.64. The number of hydrogen-bond acceptors (Lipinski definition) is 4. The van der Waals surface area contributed by atoms with Crippen molar-refractivity contribution in [3.63, 3.8) is 0 Å². The van der Waals surface area contributed by atoms with Crippen molar-refractivity contribution >= 4 is 11.4 Å². The second kappa shape index (κ2) is 6.33. The van der Waals surface area contributed by atoms with E-state index in [4.69, 9.17) is 4.74 Å². The second-order valence-electron chi connectivity index (χ2n) is 6.20. The van der Waals surface area contributed by atoms with Crippen molar-refractivity contribution in [1.29, 1.82) is 0 Å². The highest BCUT2D eigenvalue weighted by Gasteiger charge is 2.34. The molecule has 5 nitrogen and oxygen atoms in total. The summed E-state index contributed by atoms with van der Waals surface area (Å²) in [6, 6.07) is 4.90. The van der Waals surface area contributed by atoms with Gasteiger partial charge < -0.3 is 10.1 Å². The van der Waals surface area contributed by atoms with E-state index in [9.17, 15) is 10.1 Å². The maximum Gasteiger partial charge on any atom is 0.275 e. The highest BCUT2D eigenvalue weighted by molar-refractivity contribution is 5.56. The predicted octanol–water partition coefficient (Wildman–Crippen LogP) is 4.37. The number of nitro groups is 1. The van der Waals surface area contributed by atoms with Crippen LogP contribution in [0.1, 0.15) is 46.5 Å². The van der Waals surface area contributed by atoms with Crippen molar-refractivity contribution in [3.05, 3.63) is 28.3 Å². The first-order valence-corrected chi connectivity index (χ1v) is 7.64. The highest BCUT2D eigenvalue weighted by atomic mass is 16.6. The van der Waals surface area contributed by atoms with Crippen LogP contribution in [0.2, 0.25) is 0 Å². The van der Waals surface area contributed by atoms with Gasteiger partial charge in [0.05, 0.1) is 17.1 Å². The number of benzene rings is 1. The van der Waals surface area contributed by atoms with Crippen LogP contribution in [0.25, 0.3) is 0 Å². The van der Waals surface area contributed by atoms with Gasteiger partial charge in [0.2, 0.25) is 0 Å². The molecule has 5 heteroatoms. The molecule has 0 heterocycles. The molecule has 21 heavy (non-hydrogen) atoms. The Labute approximate surface area is 125 Å². The maximum atomic E-state index is 11.0. The number of rotatable bonds is 7. The minimum Gasteiger partial charge on any atom is -0.491 e. The monoisotopic (exact) mass is 292 g/mol. The molecule has 1 N–H and O–H groups in total. The fourth-order valence-electron chi connectivity index (χ4n) is 2.75. The highest BCUT2D eigenvalue weighted by Crippen LogP contribution is 2.43. The number of hydrogen-bond donors (Lipinski definition) is 1. The third-order valence-corrected chi connectivity index (χ3v) is 4.31. The molecule has 1 aliphatic rings. The lowest BCUT2D eigenvalue weighted by Gasteiger charge is -2.41. The number of nitrogens with zero attached hydrogens (tertiary/aromatic N) is 1. The number of nitro benzene ring substituents is 1. The van der Waals surface area contributed by atoms with Crippen molar-refractivity contribution < 1.29 is 9.66 Å². The molecule has 116 valence electrons. The van der Waals surface area contributed by atoms with E-state index < -0.39 is 0 Å². The van der Waals surface area contributed by atoms with Crippen LogP contribution in [0, 0.1) is 15.5 Å². The summed E-state index contributed by atoms with van der Waals surface area (Å²) in [7, 11) is 0. The molecular formula is C16H24N2O3. The molecular weight excluding hydrogens is 268 g/mol. The summed E-state index contributed by atoms with van der Waals surface area (Å²) in [4.78, 5) is 10.7. The predicted molar refractivity (Wildman–Crippen MR) is 83.9 cm³/mol. The molecule has 0 bridgehead atoms. The number of non-ortho nitro benzene ring substituents is 1. The number of anilines is 1. The van der Waals surface area contributed by atoms with Gasteiger partial charge in [-0.05, 0) is 38.5 Å². The van der Waals surface area contributed by atoms with Crippen LogP contribution in [0.15, 0.2) is 18.2 Å². The number of ether oxygens (including phenoxy) is 1. The molecule has 0 aromatic heterocycles. The van der Waals surface area contributed by atoms with Crippen molar-refractivity contribution in [2.75, 3.05) is 11.9 Å². The molecule has 2 rings (SSSR count). The number of nitrogens with one attached hydrogen (secondary N) is 1. The van der Waals surface area contributed by atoms with E-state index in [-0.39, 0.29) is 16.7 Å². The Kier molecular flexibility index (Phi) is 4.70. The van der Waals surface area contributed by atoms with Crippen molar-refractivity contribution in [3.8, 4) is 5.75 Å². The van der Waals surface area contributed by atoms with Crippen LogP contribution in [-0.2, 0) is 0 Å². The zero-order valence-corrected chi connectivity index (χ0v) is 13.0. The van der Waals surface area contributed by atoms with E-state index in [1.54, 1.807) is 6.07 Å². The molecule has 0 spiro atoms. The fraction of sp³-hybridized carbons (Fsp3) is 0.625. The maximum absolute atomic E-state index is 11.0. The Morgan fingerprint density at radius 2 is 2.10 bits per heavy atom. The molecule has 0 radical (unpaired) electrons. The molecule has 1 saturated carbocycles. The summed E-state index contributed by atoms with van der Waals surface area (Å²) in [5.74, 6) is 0.542. The summed E-state index contributed by atoms with van der Waals surface area (Å²) in [6.07, 6.45) is 4.89. The SMILES string of the molecule is CCC1(CNc2cc(OC(C)C)cc([N+](=O)[O-])c2)CCC1. The summed E-state index contributed by atoms with van der Waals surface area (Å²) >= 11 is 0. The van der Waals surface area contributed by atoms with E-state index >= 15 is 0 Å². The summed E-state index contributed by atoms with van der Waals surface area (Å²) < 4.78 is 5.60. The second-order valence-corrected chi connectivity index (χ2v) is 6.20.